The fraction of sp³-hybridized carbons (Fsp3) is 0.286. The number of hydrogen-bond acceptors (Lipinski definition) is 3. The lowest BCUT2D eigenvalue weighted by atomic mass is 10.1. The lowest BCUT2D eigenvalue weighted by Crippen LogP contribution is -2.42. The zero-order valence-electron chi connectivity index (χ0n) is 15.4. The molecule has 2 rings (SSSR count). The van der Waals surface area contributed by atoms with Crippen LogP contribution in [0.1, 0.15) is 36.7 Å². The van der Waals surface area contributed by atoms with E-state index in [0.29, 0.717) is 24.3 Å². The van der Waals surface area contributed by atoms with Gasteiger partial charge in [-0.1, -0.05) is 30.3 Å². The number of hydrogen-bond donors (Lipinski definition) is 0. The molecule has 5 heteroatoms. The maximum Gasteiger partial charge on any atom is 0.242 e. The number of ketones is 1. The van der Waals surface area contributed by atoms with Crippen LogP contribution in [-0.2, 0) is 16.1 Å². The van der Waals surface area contributed by atoms with Gasteiger partial charge in [0.1, 0.15) is 6.54 Å². The van der Waals surface area contributed by atoms with Gasteiger partial charge in [0.05, 0.1) is 0 Å². The summed E-state index contributed by atoms with van der Waals surface area (Å²) in [5, 5.41) is 0. The van der Waals surface area contributed by atoms with Gasteiger partial charge in [0, 0.05) is 31.3 Å². The van der Waals surface area contributed by atoms with Crippen molar-refractivity contribution in [3.63, 3.8) is 0 Å². The topological polar surface area (TPSA) is 57.7 Å². The van der Waals surface area contributed by atoms with Crippen LogP contribution >= 0.6 is 0 Å². The van der Waals surface area contributed by atoms with Crippen LogP contribution in [0.4, 0.5) is 5.69 Å². The molecule has 2 aromatic carbocycles. The maximum atomic E-state index is 12.7. The molecule has 136 valence electrons. The molecule has 0 saturated heterocycles. The fourth-order valence-corrected chi connectivity index (χ4v) is 2.68. The minimum atomic E-state index is -0.218. The van der Waals surface area contributed by atoms with E-state index in [0.717, 1.165) is 5.56 Å². The summed E-state index contributed by atoms with van der Waals surface area (Å²) < 4.78 is 0. The number of nitrogens with zero attached hydrogens (tertiary/aromatic N) is 2. The summed E-state index contributed by atoms with van der Waals surface area (Å²) in [6, 6.07) is 16.5. The van der Waals surface area contributed by atoms with Gasteiger partial charge >= 0.3 is 0 Å². The van der Waals surface area contributed by atoms with Crippen LogP contribution in [0, 0.1) is 0 Å². The van der Waals surface area contributed by atoms with E-state index in [1.54, 1.807) is 29.2 Å². The Hall–Kier alpha value is -2.95. The Labute approximate surface area is 154 Å². The summed E-state index contributed by atoms with van der Waals surface area (Å²) in [5.74, 6) is -0.381. The summed E-state index contributed by atoms with van der Waals surface area (Å²) in [6.07, 6.45) is 0. The van der Waals surface area contributed by atoms with Gasteiger partial charge in [0.15, 0.2) is 5.78 Å². The summed E-state index contributed by atoms with van der Waals surface area (Å²) in [4.78, 5) is 39.3. The molecule has 0 N–H and O–H groups in total. The number of carbonyl (C=O) groups excluding carboxylic acids is 3. The van der Waals surface area contributed by atoms with Crippen LogP contribution in [0.2, 0.25) is 0 Å². The molecule has 0 unspecified atom stereocenters. The number of carbonyl (C=O) groups is 3. The van der Waals surface area contributed by atoms with Gasteiger partial charge in [-0.15, -0.1) is 0 Å². The Morgan fingerprint density at radius 3 is 2.00 bits per heavy atom. The molecular formula is C21H24N2O3. The predicted molar refractivity (Wildman–Crippen MR) is 102 cm³/mol. The first-order chi connectivity index (χ1) is 12.4. The van der Waals surface area contributed by atoms with Crippen molar-refractivity contribution in [2.45, 2.75) is 27.3 Å². The van der Waals surface area contributed by atoms with Crippen LogP contribution < -0.4 is 4.90 Å². The number of amides is 2. The smallest absolute Gasteiger partial charge is 0.242 e. The highest BCUT2D eigenvalue weighted by molar-refractivity contribution is 5.98. The standard InChI is InChI=1S/C21H24N2O3/c1-4-22(14-18-8-6-5-7-9-18)21(26)15-23(17(3)25)20-12-10-19(11-13-20)16(2)24/h5-13H,4,14-15H2,1-3H3. The quantitative estimate of drug-likeness (QED) is 0.719. The van der Waals surface area contributed by atoms with Crippen molar-refractivity contribution in [2.75, 3.05) is 18.0 Å². The summed E-state index contributed by atoms with van der Waals surface area (Å²) in [6.45, 7) is 5.87. The second-order valence-corrected chi connectivity index (χ2v) is 6.10. The van der Waals surface area contributed by atoms with Crippen LogP contribution in [0.5, 0.6) is 0 Å². The third kappa shape index (κ3) is 5.02. The molecule has 0 aromatic heterocycles. The average molecular weight is 352 g/mol. The Morgan fingerprint density at radius 1 is 0.885 bits per heavy atom. The third-order valence-corrected chi connectivity index (χ3v) is 4.21. The maximum absolute atomic E-state index is 12.7. The molecule has 0 bridgehead atoms. The molecular weight excluding hydrogens is 328 g/mol. The molecule has 0 heterocycles. The summed E-state index contributed by atoms with van der Waals surface area (Å²) in [5.41, 5.74) is 2.22. The van der Waals surface area contributed by atoms with Crippen LogP contribution in [-0.4, -0.2) is 35.6 Å². The molecule has 0 fully saturated rings. The van der Waals surface area contributed by atoms with E-state index in [9.17, 15) is 14.4 Å². The lowest BCUT2D eigenvalue weighted by Gasteiger charge is -2.26. The molecule has 0 saturated carbocycles. The molecule has 0 aliphatic carbocycles. The summed E-state index contributed by atoms with van der Waals surface area (Å²) in [7, 11) is 0. The molecule has 2 aromatic rings. The number of anilines is 1. The number of benzene rings is 2. The van der Waals surface area contributed by atoms with Gasteiger partial charge in [-0.3, -0.25) is 14.4 Å². The van der Waals surface area contributed by atoms with E-state index in [4.69, 9.17) is 0 Å². The van der Waals surface area contributed by atoms with Crippen LogP contribution in [0.3, 0.4) is 0 Å². The van der Waals surface area contributed by atoms with E-state index in [1.165, 1.54) is 18.7 Å². The Kier molecular flexibility index (Phi) is 6.67. The molecule has 26 heavy (non-hydrogen) atoms. The number of likely N-dealkylation sites (N-methyl/N-ethyl adjacent to an activating group) is 1. The Bertz CT molecular complexity index is 770. The normalized spacial score (nSPS) is 10.3. The first kappa shape index (κ1) is 19.4. The van der Waals surface area contributed by atoms with Crippen molar-refractivity contribution in [2.24, 2.45) is 0 Å². The molecule has 0 aliphatic heterocycles. The van der Waals surface area contributed by atoms with Crippen molar-refractivity contribution in [3.05, 3.63) is 65.7 Å². The first-order valence-corrected chi connectivity index (χ1v) is 8.63. The van der Waals surface area contributed by atoms with Crippen molar-refractivity contribution >= 4 is 23.3 Å². The minimum Gasteiger partial charge on any atom is -0.337 e. The van der Waals surface area contributed by atoms with Gasteiger partial charge in [0.25, 0.3) is 0 Å². The van der Waals surface area contributed by atoms with E-state index in [1.807, 2.05) is 37.3 Å². The first-order valence-electron chi connectivity index (χ1n) is 8.63. The van der Waals surface area contributed by atoms with E-state index in [2.05, 4.69) is 0 Å². The molecule has 0 atom stereocenters. The van der Waals surface area contributed by atoms with Gasteiger partial charge in [-0.2, -0.15) is 0 Å². The van der Waals surface area contributed by atoms with Crippen molar-refractivity contribution in [1.82, 2.24) is 4.90 Å². The zero-order chi connectivity index (χ0) is 19.1. The summed E-state index contributed by atoms with van der Waals surface area (Å²) >= 11 is 0. The van der Waals surface area contributed by atoms with E-state index < -0.39 is 0 Å². The highest BCUT2D eigenvalue weighted by Crippen LogP contribution is 2.17. The number of rotatable bonds is 7. The molecule has 5 nitrogen and oxygen atoms in total. The Morgan fingerprint density at radius 2 is 1.50 bits per heavy atom. The lowest BCUT2D eigenvalue weighted by molar-refractivity contribution is -0.131. The van der Waals surface area contributed by atoms with Gasteiger partial charge < -0.3 is 9.80 Å². The largest absolute Gasteiger partial charge is 0.337 e. The third-order valence-electron chi connectivity index (χ3n) is 4.21. The van der Waals surface area contributed by atoms with E-state index in [-0.39, 0.29) is 24.1 Å². The van der Waals surface area contributed by atoms with Crippen molar-refractivity contribution in [3.8, 4) is 0 Å². The predicted octanol–water partition coefficient (Wildman–Crippen LogP) is 3.29. The van der Waals surface area contributed by atoms with Gasteiger partial charge in [-0.05, 0) is 43.7 Å². The van der Waals surface area contributed by atoms with Crippen LogP contribution in [0.15, 0.2) is 54.6 Å². The molecule has 2 amide bonds. The highest BCUT2D eigenvalue weighted by atomic mass is 16.2. The minimum absolute atomic E-state index is 0.0323. The SMILES string of the molecule is CCN(Cc1ccccc1)C(=O)CN(C(C)=O)c1ccc(C(C)=O)cc1. The Balaban J connectivity index is 2.13. The molecule has 0 aliphatic rings. The number of Topliss-reactive ketones (excluding diaryl/α,β-unsaturated/α-hetero) is 1. The van der Waals surface area contributed by atoms with Crippen LogP contribution in [0.25, 0.3) is 0 Å². The fourth-order valence-electron chi connectivity index (χ4n) is 2.68. The molecule has 0 spiro atoms. The average Bonchev–Trinajstić information content (AvgIpc) is 2.64. The second kappa shape index (κ2) is 8.94. The van der Waals surface area contributed by atoms with Gasteiger partial charge in [0.2, 0.25) is 11.8 Å². The molecule has 0 radical (unpaired) electrons. The van der Waals surface area contributed by atoms with Crippen molar-refractivity contribution in [1.29, 1.82) is 0 Å². The van der Waals surface area contributed by atoms with Crippen molar-refractivity contribution < 1.29 is 14.4 Å². The zero-order valence-corrected chi connectivity index (χ0v) is 15.4. The van der Waals surface area contributed by atoms with E-state index >= 15 is 0 Å². The van der Waals surface area contributed by atoms with Gasteiger partial charge in [-0.25, -0.2) is 0 Å². The second-order valence-electron chi connectivity index (χ2n) is 6.10. The highest BCUT2D eigenvalue weighted by Gasteiger charge is 2.20. The monoisotopic (exact) mass is 352 g/mol.